The average molecular weight is 399 g/mol. The Balaban J connectivity index is 1.32. The Labute approximate surface area is 169 Å². The van der Waals surface area contributed by atoms with Crippen molar-refractivity contribution in [2.24, 2.45) is 0 Å². The van der Waals surface area contributed by atoms with Crippen molar-refractivity contribution in [2.75, 3.05) is 55.6 Å². The molecule has 2 aliphatic rings. The van der Waals surface area contributed by atoms with Crippen LogP contribution in [-0.2, 0) is 4.79 Å². The Hall–Kier alpha value is -2.73. The van der Waals surface area contributed by atoms with Gasteiger partial charge in [-0.15, -0.1) is 0 Å². The minimum Gasteiger partial charge on any atom is -0.367 e. The standard InChI is InChI=1S/C21H23ClN4O2/c22-18-8-4-5-9-19(18)23-10-12-24(13-11-23)20(27)16-25-14-15-26(21(25)28)17-6-2-1-3-7-17/h1-9H,10-16H2. The molecule has 3 amide bonds. The molecule has 0 aliphatic carbocycles. The van der Waals surface area contributed by atoms with Gasteiger partial charge < -0.3 is 14.7 Å². The van der Waals surface area contributed by atoms with Crippen LogP contribution in [0.2, 0.25) is 5.02 Å². The largest absolute Gasteiger partial charge is 0.367 e. The molecule has 4 rings (SSSR count). The van der Waals surface area contributed by atoms with Gasteiger partial charge in [-0.3, -0.25) is 9.69 Å². The van der Waals surface area contributed by atoms with Crippen molar-refractivity contribution in [3.05, 3.63) is 59.6 Å². The molecular formula is C21H23ClN4O2. The van der Waals surface area contributed by atoms with Crippen molar-refractivity contribution in [1.82, 2.24) is 9.80 Å². The first kappa shape index (κ1) is 18.6. The Morgan fingerprint density at radius 1 is 0.857 bits per heavy atom. The van der Waals surface area contributed by atoms with Crippen LogP contribution in [0.1, 0.15) is 0 Å². The van der Waals surface area contributed by atoms with E-state index in [4.69, 9.17) is 11.6 Å². The lowest BCUT2D eigenvalue weighted by atomic mass is 10.2. The maximum absolute atomic E-state index is 12.7. The van der Waals surface area contributed by atoms with E-state index < -0.39 is 0 Å². The highest BCUT2D eigenvalue weighted by atomic mass is 35.5. The van der Waals surface area contributed by atoms with Gasteiger partial charge in [0.1, 0.15) is 6.54 Å². The summed E-state index contributed by atoms with van der Waals surface area (Å²) in [7, 11) is 0. The van der Waals surface area contributed by atoms with Crippen LogP contribution in [-0.4, -0.2) is 67.6 Å². The molecule has 0 saturated carbocycles. The van der Waals surface area contributed by atoms with E-state index in [0.29, 0.717) is 26.2 Å². The maximum Gasteiger partial charge on any atom is 0.325 e. The Kier molecular flexibility index (Phi) is 5.39. The number of hydrogen-bond donors (Lipinski definition) is 0. The van der Waals surface area contributed by atoms with Crippen LogP contribution in [0.25, 0.3) is 0 Å². The van der Waals surface area contributed by atoms with E-state index in [1.54, 1.807) is 9.80 Å². The van der Waals surface area contributed by atoms with Crippen LogP contribution >= 0.6 is 11.6 Å². The first-order chi connectivity index (χ1) is 13.6. The molecule has 2 aromatic rings. The quantitative estimate of drug-likeness (QED) is 0.795. The Morgan fingerprint density at radius 3 is 2.25 bits per heavy atom. The smallest absolute Gasteiger partial charge is 0.325 e. The third kappa shape index (κ3) is 3.78. The predicted molar refractivity (Wildman–Crippen MR) is 111 cm³/mol. The molecule has 0 atom stereocenters. The summed E-state index contributed by atoms with van der Waals surface area (Å²) < 4.78 is 0. The Bertz CT molecular complexity index is 852. The second kappa shape index (κ2) is 8.10. The van der Waals surface area contributed by atoms with E-state index in [-0.39, 0.29) is 18.5 Å². The maximum atomic E-state index is 12.7. The molecule has 6 nitrogen and oxygen atoms in total. The summed E-state index contributed by atoms with van der Waals surface area (Å²) in [5.41, 5.74) is 1.88. The molecule has 0 unspecified atom stereocenters. The first-order valence-electron chi connectivity index (χ1n) is 9.52. The highest BCUT2D eigenvalue weighted by molar-refractivity contribution is 6.33. The summed E-state index contributed by atoms with van der Waals surface area (Å²) >= 11 is 6.28. The summed E-state index contributed by atoms with van der Waals surface area (Å²) in [6, 6.07) is 17.2. The summed E-state index contributed by atoms with van der Waals surface area (Å²) in [4.78, 5) is 32.8. The number of para-hydroxylation sites is 2. The van der Waals surface area contributed by atoms with E-state index in [0.717, 1.165) is 29.5 Å². The molecule has 7 heteroatoms. The van der Waals surface area contributed by atoms with E-state index in [1.807, 2.05) is 59.5 Å². The topological polar surface area (TPSA) is 47.1 Å². The molecule has 2 aromatic carbocycles. The van der Waals surface area contributed by atoms with Gasteiger partial charge in [0.15, 0.2) is 0 Å². The number of carbonyl (C=O) groups is 2. The molecule has 0 aromatic heterocycles. The van der Waals surface area contributed by atoms with Gasteiger partial charge in [0.2, 0.25) is 5.91 Å². The number of halogens is 1. The third-order valence-corrected chi connectivity index (χ3v) is 5.63. The Morgan fingerprint density at radius 2 is 1.54 bits per heavy atom. The lowest BCUT2D eigenvalue weighted by Crippen LogP contribution is -2.51. The second-order valence-corrected chi connectivity index (χ2v) is 7.42. The van der Waals surface area contributed by atoms with Gasteiger partial charge in [-0.25, -0.2) is 4.79 Å². The van der Waals surface area contributed by atoms with Crippen LogP contribution in [0.4, 0.5) is 16.2 Å². The molecule has 2 saturated heterocycles. The van der Waals surface area contributed by atoms with Crippen molar-refractivity contribution in [3.63, 3.8) is 0 Å². The van der Waals surface area contributed by atoms with Gasteiger partial charge in [0, 0.05) is 45.0 Å². The van der Waals surface area contributed by atoms with E-state index in [2.05, 4.69) is 4.90 Å². The highest BCUT2D eigenvalue weighted by Crippen LogP contribution is 2.26. The fourth-order valence-electron chi connectivity index (χ4n) is 3.75. The molecular weight excluding hydrogens is 376 g/mol. The van der Waals surface area contributed by atoms with Crippen molar-refractivity contribution >= 4 is 34.9 Å². The zero-order valence-corrected chi connectivity index (χ0v) is 16.4. The molecule has 2 fully saturated rings. The summed E-state index contributed by atoms with van der Waals surface area (Å²) in [6.07, 6.45) is 0. The number of carbonyl (C=O) groups excluding carboxylic acids is 2. The van der Waals surface area contributed by atoms with Crippen LogP contribution in [0, 0.1) is 0 Å². The van der Waals surface area contributed by atoms with Crippen LogP contribution < -0.4 is 9.80 Å². The first-order valence-corrected chi connectivity index (χ1v) is 9.90. The zero-order chi connectivity index (χ0) is 19.5. The fourth-order valence-corrected chi connectivity index (χ4v) is 4.00. The fraction of sp³-hybridized carbons (Fsp3) is 0.333. The van der Waals surface area contributed by atoms with Crippen LogP contribution in [0.15, 0.2) is 54.6 Å². The predicted octanol–water partition coefficient (Wildman–Crippen LogP) is 2.93. The molecule has 0 spiro atoms. The van der Waals surface area contributed by atoms with Gasteiger partial charge in [0.05, 0.1) is 10.7 Å². The summed E-state index contributed by atoms with van der Waals surface area (Å²) in [6.45, 7) is 4.05. The number of nitrogens with zero attached hydrogens (tertiary/aromatic N) is 4. The van der Waals surface area contributed by atoms with Gasteiger partial charge in [0.25, 0.3) is 0 Å². The monoisotopic (exact) mass is 398 g/mol. The summed E-state index contributed by atoms with van der Waals surface area (Å²) in [5, 5.41) is 0.728. The van der Waals surface area contributed by atoms with Crippen molar-refractivity contribution in [2.45, 2.75) is 0 Å². The van der Waals surface area contributed by atoms with Gasteiger partial charge in [-0.1, -0.05) is 41.9 Å². The number of anilines is 2. The lowest BCUT2D eigenvalue weighted by Gasteiger charge is -2.37. The number of piperazine rings is 1. The number of rotatable bonds is 4. The number of benzene rings is 2. The molecule has 0 N–H and O–H groups in total. The number of urea groups is 1. The third-order valence-electron chi connectivity index (χ3n) is 5.31. The molecule has 28 heavy (non-hydrogen) atoms. The van der Waals surface area contributed by atoms with E-state index in [9.17, 15) is 9.59 Å². The van der Waals surface area contributed by atoms with Gasteiger partial charge in [-0.05, 0) is 24.3 Å². The molecule has 0 bridgehead atoms. The molecule has 2 heterocycles. The van der Waals surface area contributed by atoms with Crippen molar-refractivity contribution in [3.8, 4) is 0 Å². The highest BCUT2D eigenvalue weighted by Gasteiger charge is 2.32. The van der Waals surface area contributed by atoms with Crippen molar-refractivity contribution in [1.29, 1.82) is 0 Å². The van der Waals surface area contributed by atoms with E-state index in [1.165, 1.54) is 0 Å². The summed E-state index contributed by atoms with van der Waals surface area (Å²) in [5.74, 6) is 0.00192. The van der Waals surface area contributed by atoms with Gasteiger partial charge in [-0.2, -0.15) is 0 Å². The normalized spacial score (nSPS) is 17.4. The van der Waals surface area contributed by atoms with Crippen LogP contribution in [0.5, 0.6) is 0 Å². The number of amides is 3. The SMILES string of the molecule is O=C(CN1CCN(c2ccccc2)C1=O)N1CCN(c2ccccc2Cl)CC1. The molecule has 0 radical (unpaired) electrons. The number of hydrogen-bond acceptors (Lipinski definition) is 3. The zero-order valence-electron chi connectivity index (χ0n) is 15.6. The molecule has 2 aliphatic heterocycles. The lowest BCUT2D eigenvalue weighted by molar-refractivity contribution is -0.131. The second-order valence-electron chi connectivity index (χ2n) is 7.01. The van der Waals surface area contributed by atoms with Gasteiger partial charge >= 0.3 is 6.03 Å². The minimum absolute atomic E-state index is 0.00192. The van der Waals surface area contributed by atoms with Crippen molar-refractivity contribution < 1.29 is 9.59 Å². The molecule has 146 valence electrons. The minimum atomic E-state index is -0.103. The average Bonchev–Trinajstić information content (AvgIpc) is 3.09. The van der Waals surface area contributed by atoms with E-state index >= 15 is 0 Å². The van der Waals surface area contributed by atoms with Crippen LogP contribution in [0.3, 0.4) is 0 Å².